The van der Waals surface area contributed by atoms with Crippen LogP contribution in [0.1, 0.15) is 18.2 Å². The van der Waals surface area contributed by atoms with Crippen LogP contribution in [0.2, 0.25) is 0 Å². The fourth-order valence-corrected chi connectivity index (χ4v) is 1.62. The van der Waals surface area contributed by atoms with E-state index in [0.29, 0.717) is 13.1 Å². The molecule has 82 valence electrons. The van der Waals surface area contributed by atoms with E-state index in [4.69, 9.17) is 0 Å². The normalized spacial score (nSPS) is 9.67. The molecule has 0 spiro atoms. The average molecular weight is 226 g/mol. The van der Waals surface area contributed by atoms with Crippen molar-refractivity contribution in [3.8, 4) is 0 Å². The molecular weight excluding hydrogens is 212 g/mol. The summed E-state index contributed by atoms with van der Waals surface area (Å²) in [5.41, 5.74) is 0. The van der Waals surface area contributed by atoms with Gasteiger partial charge in [0.15, 0.2) is 0 Å². The van der Waals surface area contributed by atoms with Crippen molar-refractivity contribution in [2.24, 2.45) is 0 Å². The highest BCUT2D eigenvalue weighted by molar-refractivity contribution is 7.09. The van der Waals surface area contributed by atoms with Gasteiger partial charge in [-0.2, -0.15) is 0 Å². The second-order valence-corrected chi connectivity index (χ2v) is 4.05. The van der Waals surface area contributed by atoms with Crippen LogP contribution in [0.25, 0.3) is 0 Å². The van der Waals surface area contributed by atoms with Crippen LogP contribution < -0.4 is 10.6 Å². The first-order valence-corrected chi connectivity index (χ1v) is 5.70. The van der Waals surface area contributed by atoms with E-state index in [9.17, 15) is 9.59 Å². The Labute approximate surface area is 92.7 Å². The van der Waals surface area contributed by atoms with Gasteiger partial charge in [0.1, 0.15) is 0 Å². The van der Waals surface area contributed by atoms with Gasteiger partial charge in [-0.3, -0.25) is 9.59 Å². The molecule has 0 saturated carbocycles. The summed E-state index contributed by atoms with van der Waals surface area (Å²) in [6, 6.07) is 3.82. The number of carbonyl (C=O) groups is 2. The van der Waals surface area contributed by atoms with Gasteiger partial charge in [0.2, 0.25) is 0 Å². The van der Waals surface area contributed by atoms with Gasteiger partial charge in [0, 0.05) is 11.4 Å². The van der Waals surface area contributed by atoms with Crippen LogP contribution in [0.15, 0.2) is 17.5 Å². The summed E-state index contributed by atoms with van der Waals surface area (Å²) in [4.78, 5) is 23.4. The summed E-state index contributed by atoms with van der Waals surface area (Å²) >= 11 is 1.55. The molecule has 5 heteroatoms. The zero-order valence-electron chi connectivity index (χ0n) is 8.58. The van der Waals surface area contributed by atoms with Gasteiger partial charge in [-0.05, 0) is 17.9 Å². The van der Waals surface area contributed by atoms with Crippen LogP contribution >= 0.6 is 11.3 Å². The zero-order chi connectivity index (χ0) is 11.1. The van der Waals surface area contributed by atoms with E-state index in [1.165, 1.54) is 0 Å². The first-order chi connectivity index (χ1) is 7.24. The molecule has 1 aromatic heterocycles. The molecule has 15 heavy (non-hydrogen) atoms. The van der Waals surface area contributed by atoms with Crippen LogP contribution in [0.3, 0.4) is 0 Å². The fraction of sp³-hybridized carbons (Fsp3) is 0.400. The summed E-state index contributed by atoms with van der Waals surface area (Å²) in [6.45, 7) is 2.88. The maximum absolute atomic E-state index is 11.2. The summed E-state index contributed by atoms with van der Waals surface area (Å²) in [5, 5.41) is 7.00. The maximum Gasteiger partial charge on any atom is 0.309 e. The van der Waals surface area contributed by atoms with Crippen LogP contribution in [0.5, 0.6) is 0 Å². The molecule has 0 fully saturated rings. The van der Waals surface area contributed by atoms with E-state index in [2.05, 4.69) is 10.6 Å². The Kier molecular flexibility index (Phi) is 4.83. The van der Waals surface area contributed by atoms with Crippen molar-refractivity contribution in [2.45, 2.75) is 19.9 Å². The van der Waals surface area contributed by atoms with Crippen molar-refractivity contribution in [2.75, 3.05) is 6.54 Å². The lowest BCUT2D eigenvalue weighted by Crippen LogP contribution is -2.39. The molecule has 0 unspecified atom stereocenters. The third-order valence-electron chi connectivity index (χ3n) is 1.75. The molecule has 1 heterocycles. The number of hydrogen-bond donors (Lipinski definition) is 2. The Morgan fingerprint density at radius 3 is 2.67 bits per heavy atom. The van der Waals surface area contributed by atoms with Gasteiger partial charge in [-0.1, -0.05) is 13.0 Å². The highest BCUT2D eigenvalue weighted by Crippen LogP contribution is 2.06. The Bertz CT molecular complexity index is 322. The van der Waals surface area contributed by atoms with E-state index >= 15 is 0 Å². The van der Waals surface area contributed by atoms with E-state index in [0.717, 1.165) is 11.3 Å². The molecule has 1 aromatic rings. The number of amides is 2. The van der Waals surface area contributed by atoms with Crippen molar-refractivity contribution < 1.29 is 9.59 Å². The number of carbonyl (C=O) groups excluding carboxylic acids is 2. The molecule has 1 rings (SSSR count). The minimum absolute atomic E-state index is 0.413. The molecular formula is C10H14N2O2S. The minimum atomic E-state index is -0.572. The Morgan fingerprint density at radius 2 is 2.07 bits per heavy atom. The van der Waals surface area contributed by atoms with Gasteiger partial charge in [0.25, 0.3) is 0 Å². The molecule has 0 saturated heterocycles. The van der Waals surface area contributed by atoms with Gasteiger partial charge < -0.3 is 10.6 Å². The third kappa shape index (κ3) is 4.12. The topological polar surface area (TPSA) is 58.2 Å². The average Bonchev–Trinajstić information content (AvgIpc) is 2.75. The second kappa shape index (κ2) is 6.19. The zero-order valence-corrected chi connectivity index (χ0v) is 9.39. The molecule has 0 bridgehead atoms. The maximum atomic E-state index is 11.2. The Hall–Kier alpha value is -1.36. The predicted molar refractivity (Wildman–Crippen MR) is 59.5 cm³/mol. The number of thiophene rings is 1. The molecule has 0 atom stereocenters. The highest BCUT2D eigenvalue weighted by Gasteiger charge is 2.11. The largest absolute Gasteiger partial charge is 0.348 e. The second-order valence-electron chi connectivity index (χ2n) is 3.02. The van der Waals surface area contributed by atoms with Gasteiger partial charge in [-0.15, -0.1) is 11.3 Å². The van der Waals surface area contributed by atoms with Crippen molar-refractivity contribution in [3.05, 3.63) is 22.4 Å². The van der Waals surface area contributed by atoms with Crippen LogP contribution in [-0.4, -0.2) is 18.4 Å². The van der Waals surface area contributed by atoms with Crippen molar-refractivity contribution in [3.63, 3.8) is 0 Å². The van der Waals surface area contributed by atoms with Gasteiger partial charge in [-0.25, -0.2) is 0 Å². The standard InChI is InChI=1S/C10H14N2O2S/c1-2-5-11-9(13)10(14)12-7-8-4-3-6-15-8/h3-4,6H,2,5,7H2,1H3,(H,11,13)(H,12,14). The molecule has 2 amide bonds. The van der Waals surface area contributed by atoms with Crippen molar-refractivity contribution >= 4 is 23.2 Å². The van der Waals surface area contributed by atoms with E-state index in [1.54, 1.807) is 11.3 Å². The van der Waals surface area contributed by atoms with Crippen molar-refractivity contribution in [1.82, 2.24) is 10.6 Å². The molecule has 2 N–H and O–H groups in total. The first-order valence-electron chi connectivity index (χ1n) is 4.82. The predicted octanol–water partition coefficient (Wildman–Crippen LogP) is 0.890. The van der Waals surface area contributed by atoms with Crippen LogP contribution in [0.4, 0.5) is 0 Å². The Balaban J connectivity index is 2.26. The lowest BCUT2D eigenvalue weighted by Gasteiger charge is -2.03. The van der Waals surface area contributed by atoms with Crippen molar-refractivity contribution in [1.29, 1.82) is 0 Å². The third-order valence-corrected chi connectivity index (χ3v) is 2.62. The van der Waals surface area contributed by atoms with E-state index < -0.39 is 11.8 Å². The quantitative estimate of drug-likeness (QED) is 0.749. The van der Waals surface area contributed by atoms with E-state index in [1.807, 2.05) is 24.4 Å². The number of rotatable bonds is 4. The van der Waals surface area contributed by atoms with E-state index in [-0.39, 0.29) is 0 Å². The summed E-state index contributed by atoms with van der Waals surface area (Å²) in [5.74, 6) is -1.13. The van der Waals surface area contributed by atoms with Crippen LogP contribution in [-0.2, 0) is 16.1 Å². The smallest absolute Gasteiger partial charge is 0.309 e. The summed E-state index contributed by atoms with van der Waals surface area (Å²) in [6.07, 6.45) is 0.823. The Morgan fingerprint density at radius 1 is 1.33 bits per heavy atom. The van der Waals surface area contributed by atoms with Gasteiger partial charge in [0.05, 0.1) is 6.54 Å². The minimum Gasteiger partial charge on any atom is -0.348 e. The lowest BCUT2D eigenvalue weighted by atomic mass is 10.4. The monoisotopic (exact) mass is 226 g/mol. The summed E-state index contributed by atoms with van der Waals surface area (Å²) < 4.78 is 0. The highest BCUT2D eigenvalue weighted by atomic mass is 32.1. The molecule has 4 nitrogen and oxygen atoms in total. The molecule has 0 aliphatic heterocycles. The summed E-state index contributed by atoms with van der Waals surface area (Å²) in [7, 11) is 0. The fourth-order valence-electron chi connectivity index (χ4n) is 0.980. The number of hydrogen-bond acceptors (Lipinski definition) is 3. The number of nitrogens with one attached hydrogen (secondary N) is 2. The molecule has 0 aromatic carbocycles. The SMILES string of the molecule is CCCNC(=O)C(=O)NCc1cccs1. The lowest BCUT2D eigenvalue weighted by molar-refractivity contribution is -0.139. The van der Waals surface area contributed by atoms with Gasteiger partial charge >= 0.3 is 11.8 Å². The molecule has 0 radical (unpaired) electrons. The molecule has 0 aliphatic rings. The first kappa shape index (κ1) is 11.7. The van der Waals surface area contributed by atoms with Crippen LogP contribution in [0, 0.1) is 0 Å². The molecule has 0 aliphatic carbocycles.